The number of carboxylic acid groups (broad SMARTS) is 1. The fourth-order valence-corrected chi connectivity index (χ4v) is 7.62. The van der Waals surface area contributed by atoms with E-state index in [4.69, 9.17) is 15.8 Å². The zero-order chi connectivity index (χ0) is 33.6. The fourth-order valence-electron chi connectivity index (χ4n) is 5.28. The first-order chi connectivity index (χ1) is 22.5. The topological polar surface area (TPSA) is 193 Å². The number of hydrogen-bond donors (Lipinski definition) is 4. The van der Waals surface area contributed by atoms with Gasteiger partial charge in [-0.15, -0.1) is 11.3 Å². The molecule has 1 fully saturated rings. The number of oxime groups is 1. The Kier molecular flexibility index (Phi) is 10.5. The van der Waals surface area contributed by atoms with Crippen LogP contribution < -0.4 is 15.8 Å². The average molecular weight is 679 g/mol. The summed E-state index contributed by atoms with van der Waals surface area (Å²) >= 11 is 1.38. The van der Waals surface area contributed by atoms with Crippen molar-refractivity contribution in [3.8, 4) is 0 Å². The summed E-state index contributed by atoms with van der Waals surface area (Å²) in [6, 6.07) is 19.7. The third-order valence-corrected chi connectivity index (χ3v) is 10.2. The second-order valence-corrected chi connectivity index (χ2v) is 13.9. The van der Waals surface area contributed by atoms with Gasteiger partial charge in [-0.2, -0.15) is 0 Å². The molecule has 1 atom stereocenters. The van der Waals surface area contributed by atoms with Crippen molar-refractivity contribution in [1.82, 2.24) is 14.6 Å². The van der Waals surface area contributed by atoms with Crippen LogP contribution in [0.5, 0.6) is 0 Å². The van der Waals surface area contributed by atoms with Gasteiger partial charge in [0.25, 0.3) is 0 Å². The number of benzene rings is 3. The normalized spacial score (nSPS) is 14.9. The Morgan fingerprint density at radius 2 is 1.83 bits per heavy atom. The van der Waals surface area contributed by atoms with Crippen LogP contribution in [-0.2, 0) is 30.9 Å². The molecule has 0 aliphatic carbocycles. The fraction of sp³-hybridized carbons (Fsp3) is 0.281. The summed E-state index contributed by atoms with van der Waals surface area (Å²) in [6.45, 7) is 1.96. The standard InChI is InChI=1S/C32H34N6O7S2/c1-20(39)45-36-30(33)23-7-4-6-22(16-23)17-27(31-35-26-10-2-3-11-28(26)46-31)37-47(43,44)25-9-5-8-24(19-25)34-29(40)18-21-12-14-38(15-13-21)32(41)42/h2-11,16,19,21,27,37H,12-15,17-18H2,1H3,(H2,33,36)(H,34,40)(H,41,42). The third kappa shape index (κ3) is 8.90. The minimum absolute atomic E-state index is 0.0104. The first kappa shape index (κ1) is 33.5. The summed E-state index contributed by atoms with van der Waals surface area (Å²) in [7, 11) is -4.11. The number of para-hydroxylation sites is 1. The lowest BCUT2D eigenvalue weighted by atomic mass is 9.93. The average Bonchev–Trinajstić information content (AvgIpc) is 3.48. The highest BCUT2D eigenvalue weighted by Gasteiger charge is 2.27. The van der Waals surface area contributed by atoms with E-state index in [1.807, 2.05) is 30.3 Å². The van der Waals surface area contributed by atoms with E-state index < -0.39 is 28.1 Å². The minimum atomic E-state index is -4.11. The highest BCUT2D eigenvalue weighted by Crippen LogP contribution is 2.30. The van der Waals surface area contributed by atoms with Gasteiger partial charge in [0.15, 0.2) is 5.84 Å². The molecule has 5 rings (SSSR count). The van der Waals surface area contributed by atoms with Crippen molar-refractivity contribution >= 4 is 61.1 Å². The summed E-state index contributed by atoms with van der Waals surface area (Å²) in [5.74, 6) is -0.861. The van der Waals surface area contributed by atoms with Crippen LogP contribution in [0.15, 0.2) is 82.8 Å². The smallest absolute Gasteiger partial charge is 0.407 e. The Bertz CT molecular complexity index is 1890. The number of amides is 2. The van der Waals surface area contributed by atoms with Crippen molar-refractivity contribution in [3.05, 3.63) is 88.9 Å². The summed E-state index contributed by atoms with van der Waals surface area (Å²) < 4.78 is 31.3. The van der Waals surface area contributed by atoms with Crippen molar-refractivity contribution in [2.24, 2.45) is 16.8 Å². The van der Waals surface area contributed by atoms with Gasteiger partial charge in [0.05, 0.1) is 21.2 Å². The number of carbonyl (C=O) groups is 3. The van der Waals surface area contributed by atoms with E-state index >= 15 is 0 Å². The Labute approximate surface area is 275 Å². The second kappa shape index (κ2) is 14.7. The van der Waals surface area contributed by atoms with E-state index in [0.29, 0.717) is 42.2 Å². The van der Waals surface area contributed by atoms with Crippen molar-refractivity contribution in [2.75, 3.05) is 18.4 Å². The van der Waals surface area contributed by atoms with Crippen LogP contribution >= 0.6 is 11.3 Å². The number of likely N-dealkylation sites (tertiary alicyclic amines) is 1. The van der Waals surface area contributed by atoms with Gasteiger partial charge in [-0.1, -0.05) is 41.6 Å². The number of hydrogen-bond acceptors (Lipinski definition) is 9. The van der Waals surface area contributed by atoms with Gasteiger partial charge in [0, 0.05) is 37.7 Å². The first-order valence-electron chi connectivity index (χ1n) is 14.8. The Morgan fingerprint density at radius 3 is 2.55 bits per heavy atom. The van der Waals surface area contributed by atoms with Gasteiger partial charge >= 0.3 is 12.1 Å². The molecule has 0 saturated carbocycles. The monoisotopic (exact) mass is 678 g/mol. The van der Waals surface area contributed by atoms with Crippen LogP contribution in [0, 0.1) is 5.92 Å². The summed E-state index contributed by atoms with van der Waals surface area (Å²) in [5.41, 5.74) is 8.28. The third-order valence-electron chi connectivity index (χ3n) is 7.63. The molecular weight excluding hydrogens is 645 g/mol. The number of fused-ring (bicyclic) bond motifs is 1. The van der Waals surface area contributed by atoms with Crippen molar-refractivity contribution in [2.45, 2.75) is 43.5 Å². The molecule has 47 heavy (non-hydrogen) atoms. The van der Waals surface area contributed by atoms with E-state index in [0.717, 1.165) is 15.8 Å². The predicted molar refractivity (Wildman–Crippen MR) is 177 cm³/mol. The zero-order valence-corrected chi connectivity index (χ0v) is 27.1. The van der Waals surface area contributed by atoms with Crippen LogP contribution in [0.25, 0.3) is 10.2 Å². The molecule has 1 aliphatic rings. The van der Waals surface area contributed by atoms with Crippen molar-refractivity contribution in [3.63, 3.8) is 0 Å². The quantitative estimate of drug-likeness (QED) is 0.0767. The maximum Gasteiger partial charge on any atom is 0.407 e. The molecular formula is C32H34N6O7S2. The Hall–Kier alpha value is -4.86. The van der Waals surface area contributed by atoms with Crippen molar-refractivity contribution in [1.29, 1.82) is 0 Å². The molecule has 0 radical (unpaired) electrons. The molecule has 5 N–H and O–H groups in total. The zero-order valence-electron chi connectivity index (χ0n) is 25.5. The van der Waals surface area contributed by atoms with Gasteiger partial charge in [0.2, 0.25) is 15.9 Å². The van der Waals surface area contributed by atoms with Gasteiger partial charge in [0.1, 0.15) is 5.01 Å². The van der Waals surface area contributed by atoms with Gasteiger partial charge in [-0.3, -0.25) is 4.79 Å². The molecule has 1 unspecified atom stereocenters. The highest BCUT2D eigenvalue weighted by atomic mass is 32.2. The number of sulfonamides is 1. The Balaban J connectivity index is 1.34. The molecule has 13 nitrogen and oxygen atoms in total. The first-order valence-corrected chi connectivity index (χ1v) is 17.1. The Morgan fingerprint density at radius 1 is 1.09 bits per heavy atom. The molecule has 0 spiro atoms. The van der Waals surface area contributed by atoms with E-state index in [1.165, 1.54) is 35.3 Å². The molecule has 1 aliphatic heterocycles. The number of nitrogens with zero attached hydrogens (tertiary/aromatic N) is 3. The number of nitrogens with one attached hydrogen (secondary N) is 2. The number of anilines is 1. The van der Waals surface area contributed by atoms with E-state index in [1.54, 1.807) is 30.3 Å². The maximum atomic E-state index is 13.8. The van der Waals surface area contributed by atoms with E-state index in [2.05, 4.69) is 20.0 Å². The summed E-state index contributed by atoms with van der Waals surface area (Å²) in [6.07, 6.45) is 0.621. The number of carbonyl (C=O) groups excluding carboxylic acids is 2. The van der Waals surface area contributed by atoms with Crippen LogP contribution in [0.4, 0.5) is 10.5 Å². The van der Waals surface area contributed by atoms with Crippen LogP contribution in [0.3, 0.4) is 0 Å². The highest BCUT2D eigenvalue weighted by molar-refractivity contribution is 7.89. The summed E-state index contributed by atoms with van der Waals surface area (Å²) in [4.78, 5) is 45.8. The molecule has 4 aromatic rings. The second-order valence-electron chi connectivity index (χ2n) is 11.2. The number of thiazole rings is 1. The van der Waals surface area contributed by atoms with Gasteiger partial charge in [-0.25, -0.2) is 27.7 Å². The number of aromatic nitrogens is 1. The maximum absolute atomic E-state index is 13.8. The van der Waals surface area contributed by atoms with Gasteiger partial charge in [-0.05, 0) is 67.1 Å². The molecule has 0 bridgehead atoms. The van der Waals surface area contributed by atoms with Crippen LogP contribution in [0.1, 0.15) is 48.4 Å². The van der Waals surface area contributed by atoms with Crippen LogP contribution in [0.2, 0.25) is 0 Å². The molecule has 15 heteroatoms. The number of piperidine rings is 1. The number of nitrogens with two attached hydrogens (primary N) is 1. The molecule has 1 saturated heterocycles. The van der Waals surface area contributed by atoms with Gasteiger partial charge < -0.3 is 25.9 Å². The molecule has 1 aromatic heterocycles. The van der Waals surface area contributed by atoms with E-state index in [-0.39, 0.29) is 35.4 Å². The lowest BCUT2D eigenvalue weighted by Crippen LogP contribution is -2.38. The lowest BCUT2D eigenvalue weighted by molar-refractivity contribution is -0.140. The largest absolute Gasteiger partial charge is 0.465 e. The molecule has 3 aromatic carbocycles. The number of amidine groups is 1. The predicted octanol–water partition coefficient (Wildman–Crippen LogP) is 4.46. The molecule has 2 heterocycles. The minimum Gasteiger partial charge on any atom is -0.465 e. The van der Waals surface area contributed by atoms with Crippen LogP contribution in [-0.4, -0.2) is 60.3 Å². The number of rotatable bonds is 11. The SMILES string of the molecule is CC(=O)ON=C(N)c1cccc(CC(NS(=O)(=O)c2cccc(NC(=O)CC3CCN(C(=O)O)CC3)c2)c2nc3ccccc3s2)c1. The van der Waals surface area contributed by atoms with Crippen molar-refractivity contribution < 1.29 is 32.7 Å². The summed E-state index contributed by atoms with van der Waals surface area (Å²) in [5, 5.41) is 16.1. The lowest BCUT2D eigenvalue weighted by Gasteiger charge is -2.29. The molecule has 246 valence electrons. The molecule has 2 amide bonds. The van der Waals surface area contributed by atoms with E-state index in [9.17, 15) is 22.8 Å².